The summed E-state index contributed by atoms with van der Waals surface area (Å²) in [5.41, 5.74) is -0.0721. The summed E-state index contributed by atoms with van der Waals surface area (Å²) in [6.45, 7) is 0. The van der Waals surface area contributed by atoms with Crippen LogP contribution in [0.15, 0.2) is 60.7 Å². The van der Waals surface area contributed by atoms with Gasteiger partial charge in [0.05, 0.1) is 5.97 Å². The third kappa shape index (κ3) is 4.56. The SMILES string of the molecule is CO.O=C([O-])c1cc2ccccc2c(Cc2c(O)c(C(=O)O)cc3ccccc23)c1O.[Na+]. The summed E-state index contributed by atoms with van der Waals surface area (Å²) in [6, 6.07) is 16.6. The Morgan fingerprint density at radius 3 is 1.62 bits per heavy atom. The van der Waals surface area contributed by atoms with Crippen LogP contribution in [0.25, 0.3) is 21.5 Å². The van der Waals surface area contributed by atoms with Crippen LogP contribution in [-0.4, -0.2) is 39.5 Å². The monoisotopic (exact) mass is 442 g/mol. The Hall–Kier alpha value is -3.10. The Morgan fingerprint density at radius 2 is 1.19 bits per heavy atom. The second-order valence-electron chi connectivity index (χ2n) is 6.71. The van der Waals surface area contributed by atoms with Gasteiger partial charge in [-0.25, -0.2) is 4.79 Å². The van der Waals surface area contributed by atoms with E-state index >= 15 is 0 Å². The molecule has 0 unspecified atom stereocenters. The number of hydrogen-bond donors (Lipinski definition) is 4. The largest absolute Gasteiger partial charge is 1.00 e. The van der Waals surface area contributed by atoms with Crippen molar-refractivity contribution < 1.29 is 64.7 Å². The van der Waals surface area contributed by atoms with Gasteiger partial charge in [-0.05, 0) is 33.7 Å². The Balaban J connectivity index is 0.00000118. The number of phenols is 2. The molecule has 0 aliphatic rings. The maximum Gasteiger partial charge on any atom is 1.00 e. The van der Waals surface area contributed by atoms with Crippen LogP contribution in [0, 0.1) is 0 Å². The molecule has 32 heavy (non-hydrogen) atoms. The van der Waals surface area contributed by atoms with Gasteiger partial charge in [0, 0.05) is 30.2 Å². The van der Waals surface area contributed by atoms with Crippen LogP contribution in [-0.2, 0) is 6.42 Å². The molecule has 0 spiro atoms. The minimum absolute atomic E-state index is 0. The first kappa shape index (κ1) is 25.2. The molecule has 0 bridgehead atoms. The van der Waals surface area contributed by atoms with Gasteiger partial charge in [-0.2, -0.15) is 0 Å². The van der Waals surface area contributed by atoms with Crippen molar-refractivity contribution in [3.8, 4) is 11.5 Å². The maximum atomic E-state index is 11.6. The number of aromatic hydroxyl groups is 2. The molecule has 0 amide bonds. The second-order valence-corrected chi connectivity index (χ2v) is 6.71. The van der Waals surface area contributed by atoms with Crippen LogP contribution >= 0.6 is 0 Å². The molecule has 0 aromatic heterocycles. The predicted octanol–water partition coefficient (Wildman–Crippen LogP) is -0.331. The van der Waals surface area contributed by atoms with Gasteiger partial charge >= 0.3 is 35.5 Å². The molecule has 0 fully saturated rings. The summed E-state index contributed by atoms with van der Waals surface area (Å²) >= 11 is 0. The normalized spacial score (nSPS) is 10.2. The summed E-state index contributed by atoms with van der Waals surface area (Å²) in [5.74, 6) is -3.69. The van der Waals surface area contributed by atoms with E-state index in [1.807, 2.05) is 0 Å². The smallest absolute Gasteiger partial charge is 0.545 e. The molecule has 8 heteroatoms. The zero-order valence-corrected chi connectivity index (χ0v) is 19.5. The molecule has 4 aromatic carbocycles. The van der Waals surface area contributed by atoms with Gasteiger partial charge < -0.3 is 30.3 Å². The van der Waals surface area contributed by atoms with Gasteiger partial charge in [0.25, 0.3) is 0 Å². The standard InChI is InChI=1S/C23H16O6.CH4O.Na/c24-20-16(14-7-3-1-5-12(14)9-18(20)22(26)27)11-17-15-8-4-2-6-13(15)10-19(21(17)25)23(28)29;1-2;/h1-10,24-25H,11H2,(H,26,27)(H,28,29);2H,1H3;/q;;+1/p-1. The molecule has 0 saturated heterocycles. The molecule has 7 nitrogen and oxygen atoms in total. The maximum absolute atomic E-state index is 11.6. The number of hydrogen-bond acceptors (Lipinski definition) is 6. The van der Waals surface area contributed by atoms with Gasteiger partial charge in [-0.15, -0.1) is 0 Å². The number of aliphatic hydroxyl groups is 1. The van der Waals surface area contributed by atoms with Crippen molar-refractivity contribution >= 4 is 33.5 Å². The van der Waals surface area contributed by atoms with E-state index in [-0.39, 0.29) is 58.2 Å². The zero-order chi connectivity index (χ0) is 22.7. The minimum Gasteiger partial charge on any atom is -0.545 e. The van der Waals surface area contributed by atoms with Crippen molar-refractivity contribution in [1.29, 1.82) is 0 Å². The van der Waals surface area contributed by atoms with Gasteiger partial charge in [-0.3, -0.25) is 0 Å². The number of rotatable bonds is 4. The van der Waals surface area contributed by atoms with Crippen molar-refractivity contribution in [3.05, 3.63) is 82.9 Å². The Morgan fingerprint density at radius 1 is 0.781 bits per heavy atom. The van der Waals surface area contributed by atoms with E-state index in [1.165, 1.54) is 12.1 Å². The third-order valence-corrected chi connectivity index (χ3v) is 5.06. The first-order chi connectivity index (χ1) is 14.9. The number of carbonyl (C=O) groups is 2. The molecular weight excluding hydrogens is 423 g/mol. The quantitative estimate of drug-likeness (QED) is 0.318. The number of aliphatic hydroxyl groups excluding tert-OH is 1. The first-order valence-corrected chi connectivity index (χ1v) is 9.25. The Kier molecular flexibility index (Phi) is 8.24. The van der Waals surface area contributed by atoms with E-state index in [0.717, 1.165) is 7.11 Å². The van der Waals surface area contributed by atoms with Gasteiger partial charge in [0.2, 0.25) is 0 Å². The average molecular weight is 442 g/mol. The summed E-state index contributed by atoms with van der Waals surface area (Å²) in [5, 5.41) is 51.7. The predicted molar refractivity (Wildman–Crippen MR) is 113 cm³/mol. The van der Waals surface area contributed by atoms with E-state index < -0.39 is 23.4 Å². The van der Waals surface area contributed by atoms with Crippen molar-refractivity contribution in [2.24, 2.45) is 0 Å². The van der Waals surface area contributed by atoms with Crippen molar-refractivity contribution in [2.75, 3.05) is 7.11 Å². The van der Waals surface area contributed by atoms with E-state index in [0.29, 0.717) is 21.5 Å². The van der Waals surface area contributed by atoms with Crippen molar-refractivity contribution in [1.82, 2.24) is 0 Å². The number of aromatic carboxylic acids is 2. The topological polar surface area (TPSA) is 138 Å². The summed E-state index contributed by atoms with van der Waals surface area (Å²) < 4.78 is 0. The summed E-state index contributed by atoms with van der Waals surface area (Å²) in [7, 11) is 1.00. The van der Waals surface area contributed by atoms with Crippen LogP contribution < -0.4 is 34.7 Å². The molecule has 0 radical (unpaired) electrons. The molecule has 0 aliphatic heterocycles. The third-order valence-electron chi connectivity index (χ3n) is 5.06. The number of carbonyl (C=O) groups excluding carboxylic acids is 1. The molecule has 0 aliphatic carbocycles. The van der Waals surface area contributed by atoms with Crippen LogP contribution in [0.4, 0.5) is 0 Å². The van der Waals surface area contributed by atoms with Crippen LogP contribution in [0.5, 0.6) is 11.5 Å². The van der Waals surface area contributed by atoms with Crippen molar-refractivity contribution in [2.45, 2.75) is 6.42 Å². The van der Waals surface area contributed by atoms with Crippen LogP contribution in [0.3, 0.4) is 0 Å². The minimum atomic E-state index is -1.53. The fourth-order valence-electron chi connectivity index (χ4n) is 3.68. The molecule has 4 rings (SSSR count). The van der Waals surface area contributed by atoms with E-state index in [1.54, 1.807) is 48.5 Å². The Bertz CT molecular complexity index is 1210. The number of fused-ring (bicyclic) bond motifs is 2. The molecule has 0 atom stereocenters. The van der Waals surface area contributed by atoms with E-state index in [9.17, 15) is 30.0 Å². The molecular formula is C24H19NaO7. The average Bonchev–Trinajstić information content (AvgIpc) is 2.77. The van der Waals surface area contributed by atoms with Gasteiger partial charge in [0.1, 0.15) is 17.1 Å². The fourth-order valence-corrected chi connectivity index (χ4v) is 3.68. The molecule has 0 saturated carbocycles. The van der Waals surface area contributed by atoms with Gasteiger partial charge in [-0.1, -0.05) is 48.5 Å². The van der Waals surface area contributed by atoms with Crippen LogP contribution in [0.2, 0.25) is 0 Å². The summed E-state index contributed by atoms with van der Waals surface area (Å²) in [4.78, 5) is 23.1. The van der Waals surface area contributed by atoms with Gasteiger partial charge in [0.15, 0.2) is 0 Å². The molecule has 158 valence electrons. The van der Waals surface area contributed by atoms with E-state index in [2.05, 4.69) is 0 Å². The zero-order valence-electron chi connectivity index (χ0n) is 17.5. The second kappa shape index (κ2) is 10.5. The Labute approximate surface area is 205 Å². The first-order valence-electron chi connectivity index (χ1n) is 9.25. The summed E-state index contributed by atoms with van der Waals surface area (Å²) in [6.07, 6.45) is -0.0685. The van der Waals surface area contributed by atoms with E-state index in [4.69, 9.17) is 5.11 Å². The molecule has 4 N–H and O–H groups in total. The van der Waals surface area contributed by atoms with Crippen LogP contribution in [0.1, 0.15) is 31.8 Å². The fraction of sp³-hybridized carbons (Fsp3) is 0.0833. The number of carboxylic acid groups (broad SMARTS) is 2. The number of benzene rings is 4. The van der Waals surface area contributed by atoms with Crippen molar-refractivity contribution in [3.63, 3.8) is 0 Å². The number of carboxylic acids is 2. The molecule has 0 heterocycles. The molecule has 4 aromatic rings.